The summed E-state index contributed by atoms with van der Waals surface area (Å²) >= 11 is 5.08. The molecule has 2 heterocycles. The SMILES string of the molecule is CC(C)OC(=O)[C@H](C)NP(=O)(OCC1=C(F)C(C)(O)[C@H](n2ccc(=O)[nH]c2=S)O1)Oc1ccccc1. The first-order valence-electron chi connectivity index (χ1n) is 10.9. The molecule has 1 aliphatic rings. The molecular weight excluding hydrogens is 516 g/mol. The molecule has 3 N–H and O–H groups in total. The van der Waals surface area contributed by atoms with Crippen molar-refractivity contribution in [2.24, 2.45) is 0 Å². The number of ether oxygens (including phenoxy) is 2. The van der Waals surface area contributed by atoms with Crippen LogP contribution in [0.15, 0.2) is 59.0 Å². The van der Waals surface area contributed by atoms with Gasteiger partial charge >= 0.3 is 13.7 Å². The van der Waals surface area contributed by atoms with E-state index in [0.717, 1.165) is 17.6 Å². The minimum Gasteiger partial charge on any atom is -0.466 e. The minimum absolute atomic E-state index is 0.111. The van der Waals surface area contributed by atoms with Crippen molar-refractivity contribution in [2.75, 3.05) is 6.61 Å². The highest BCUT2D eigenvalue weighted by atomic mass is 32.1. The minimum atomic E-state index is -4.31. The number of hydrogen-bond donors (Lipinski definition) is 3. The predicted molar refractivity (Wildman–Crippen MR) is 129 cm³/mol. The average molecular weight is 544 g/mol. The first kappa shape index (κ1) is 27.8. The number of nitrogens with zero attached hydrogens (tertiary/aromatic N) is 1. The molecule has 2 aromatic rings. The Morgan fingerprint density at radius 2 is 2.00 bits per heavy atom. The molecule has 0 spiro atoms. The Balaban J connectivity index is 1.83. The maximum Gasteiger partial charge on any atom is 0.459 e. The monoisotopic (exact) mass is 543 g/mol. The highest BCUT2D eigenvalue weighted by Gasteiger charge is 2.49. The second kappa shape index (κ2) is 11.1. The van der Waals surface area contributed by atoms with Gasteiger partial charge in [0.15, 0.2) is 22.0 Å². The molecule has 14 heteroatoms. The van der Waals surface area contributed by atoms with Gasteiger partial charge in [-0.05, 0) is 52.0 Å². The Hall–Kier alpha value is -2.83. The number of halogens is 1. The number of carbonyl (C=O) groups is 1. The van der Waals surface area contributed by atoms with Gasteiger partial charge in [0.2, 0.25) is 6.23 Å². The van der Waals surface area contributed by atoms with Crippen molar-refractivity contribution in [3.05, 3.63) is 69.3 Å². The summed E-state index contributed by atoms with van der Waals surface area (Å²) in [5.41, 5.74) is -2.68. The van der Waals surface area contributed by atoms with Gasteiger partial charge in [-0.15, -0.1) is 0 Å². The van der Waals surface area contributed by atoms with Gasteiger partial charge in [-0.1, -0.05) is 18.2 Å². The molecule has 0 radical (unpaired) electrons. The summed E-state index contributed by atoms with van der Waals surface area (Å²) < 4.78 is 51.3. The highest BCUT2D eigenvalue weighted by Crippen LogP contribution is 2.48. The third-order valence-corrected chi connectivity index (χ3v) is 6.86. The van der Waals surface area contributed by atoms with Gasteiger partial charge in [-0.2, -0.15) is 5.09 Å². The number of hydrogen-bond acceptors (Lipinski definition) is 9. The van der Waals surface area contributed by atoms with E-state index in [-0.39, 0.29) is 10.5 Å². The van der Waals surface area contributed by atoms with E-state index in [1.807, 2.05) is 0 Å². The molecule has 196 valence electrons. The quantitative estimate of drug-likeness (QED) is 0.232. The van der Waals surface area contributed by atoms with Crippen molar-refractivity contribution in [1.29, 1.82) is 0 Å². The van der Waals surface area contributed by atoms with Crippen LogP contribution in [0.1, 0.15) is 33.9 Å². The van der Waals surface area contributed by atoms with Crippen LogP contribution in [0.4, 0.5) is 4.39 Å². The lowest BCUT2D eigenvalue weighted by Gasteiger charge is -2.26. The zero-order valence-electron chi connectivity index (χ0n) is 20.0. The summed E-state index contributed by atoms with van der Waals surface area (Å²) in [5.74, 6) is -2.12. The van der Waals surface area contributed by atoms with Crippen LogP contribution in [0.3, 0.4) is 0 Å². The molecule has 36 heavy (non-hydrogen) atoms. The van der Waals surface area contributed by atoms with Gasteiger partial charge in [0, 0.05) is 12.3 Å². The topological polar surface area (TPSA) is 141 Å². The molecule has 3 rings (SSSR count). The molecule has 1 aliphatic heterocycles. The number of carbonyl (C=O) groups excluding carboxylic acids is 1. The van der Waals surface area contributed by atoms with E-state index in [1.165, 1.54) is 25.3 Å². The number of esters is 1. The molecular formula is C22H27FN3O8PS. The van der Waals surface area contributed by atoms with Crippen LogP contribution in [0, 0.1) is 4.77 Å². The molecule has 11 nitrogen and oxygen atoms in total. The van der Waals surface area contributed by atoms with Gasteiger partial charge in [0.1, 0.15) is 18.4 Å². The molecule has 4 atom stereocenters. The number of para-hydroxylation sites is 1. The third-order valence-electron chi connectivity index (χ3n) is 4.92. The summed E-state index contributed by atoms with van der Waals surface area (Å²) in [7, 11) is -4.31. The lowest BCUT2D eigenvalue weighted by molar-refractivity contribution is -0.149. The number of H-pyrrole nitrogens is 1. The molecule has 0 amide bonds. The van der Waals surface area contributed by atoms with Crippen molar-refractivity contribution in [3.63, 3.8) is 0 Å². The van der Waals surface area contributed by atoms with E-state index in [2.05, 4.69) is 10.1 Å². The molecule has 1 aromatic heterocycles. The van der Waals surface area contributed by atoms with Crippen molar-refractivity contribution in [2.45, 2.75) is 51.7 Å². The Morgan fingerprint density at radius 3 is 2.61 bits per heavy atom. The van der Waals surface area contributed by atoms with Crippen LogP contribution >= 0.6 is 20.0 Å². The fourth-order valence-electron chi connectivity index (χ4n) is 3.21. The highest BCUT2D eigenvalue weighted by molar-refractivity contribution is 7.71. The van der Waals surface area contributed by atoms with E-state index in [9.17, 15) is 19.3 Å². The van der Waals surface area contributed by atoms with E-state index in [4.69, 9.17) is 30.7 Å². The van der Waals surface area contributed by atoms with Crippen LogP contribution in [0.5, 0.6) is 5.75 Å². The van der Waals surface area contributed by atoms with Crippen LogP contribution in [-0.4, -0.2) is 45.0 Å². The Kier molecular flexibility index (Phi) is 8.52. The fraction of sp³-hybridized carbons (Fsp3) is 0.409. The molecule has 0 fully saturated rings. The molecule has 1 aromatic carbocycles. The maximum absolute atomic E-state index is 15.1. The maximum atomic E-state index is 15.1. The molecule has 0 bridgehead atoms. The van der Waals surface area contributed by atoms with Crippen LogP contribution in [-0.2, 0) is 23.4 Å². The van der Waals surface area contributed by atoms with Crippen LogP contribution in [0.2, 0.25) is 0 Å². The van der Waals surface area contributed by atoms with E-state index >= 15 is 4.39 Å². The zero-order valence-corrected chi connectivity index (χ0v) is 21.7. The van der Waals surface area contributed by atoms with Crippen LogP contribution in [0.25, 0.3) is 0 Å². The van der Waals surface area contributed by atoms with Crippen molar-refractivity contribution in [3.8, 4) is 5.75 Å². The van der Waals surface area contributed by atoms with E-state index in [0.29, 0.717) is 0 Å². The average Bonchev–Trinajstić information content (AvgIpc) is 3.01. The summed E-state index contributed by atoms with van der Waals surface area (Å²) in [6.45, 7) is 5.13. The second-order valence-electron chi connectivity index (χ2n) is 8.38. The Morgan fingerprint density at radius 1 is 1.33 bits per heavy atom. The number of nitrogens with one attached hydrogen (secondary N) is 2. The Labute approximate surface area is 211 Å². The van der Waals surface area contributed by atoms with Crippen molar-refractivity contribution < 1.29 is 37.4 Å². The lowest BCUT2D eigenvalue weighted by Crippen LogP contribution is -2.36. The summed E-state index contributed by atoms with van der Waals surface area (Å²) in [5, 5.41) is 13.2. The third kappa shape index (κ3) is 6.48. The summed E-state index contributed by atoms with van der Waals surface area (Å²) in [6, 6.07) is 8.03. The predicted octanol–water partition coefficient (Wildman–Crippen LogP) is 3.50. The van der Waals surface area contributed by atoms with Crippen molar-refractivity contribution >= 4 is 25.9 Å². The largest absolute Gasteiger partial charge is 0.466 e. The smallest absolute Gasteiger partial charge is 0.459 e. The number of aromatic amines is 1. The second-order valence-corrected chi connectivity index (χ2v) is 10.5. The molecule has 0 saturated carbocycles. The number of aliphatic hydroxyl groups is 1. The summed E-state index contributed by atoms with van der Waals surface area (Å²) in [6.07, 6.45) is -0.561. The van der Waals surface area contributed by atoms with Gasteiger partial charge in [0.25, 0.3) is 5.56 Å². The molecule has 0 aliphatic carbocycles. The van der Waals surface area contributed by atoms with Gasteiger partial charge in [0.05, 0.1) is 6.10 Å². The van der Waals surface area contributed by atoms with Crippen LogP contribution < -0.4 is 15.2 Å². The fourth-order valence-corrected chi connectivity index (χ4v) is 4.91. The van der Waals surface area contributed by atoms with Gasteiger partial charge in [-0.3, -0.25) is 23.7 Å². The van der Waals surface area contributed by atoms with Crippen molar-refractivity contribution in [1.82, 2.24) is 14.6 Å². The zero-order chi connectivity index (χ0) is 26.7. The standard InChI is InChI=1S/C22H27FN3O8PS/c1-13(2)32-19(28)14(3)25-35(30,34-15-8-6-5-7-9-15)31-12-16-18(23)22(4,29)20(33-16)26-11-10-17(27)24-21(26)36/h5-11,13-14,20,29H,12H2,1-4H3,(H,25,30)(H,24,27,36)/t14-,20+,22?,35?/m0/s1. The van der Waals surface area contributed by atoms with E-state index < -0.39 is 61.4 Å². The number of benzene rings is 1. The first-order valence-corrected chi connectivity index (χ1v) is 12.8. The number of rotatable bonds is 10. The normalized spacial score (nSPS) is 22.1. The molecule has 0 saturated heterocycles. The van der Waals surface area contributed by atoms with E-state index in [1.54, 1.807) is 32.0 Å². The first-order chi connectivity index (χ1) is 16.8. The van der Waals surface area contributed by atoms with Gasteiger partial charge < -0.3 is 19.1 Å². The van der Waals surface area contributed by atoms with Gasteiger partial charge in [-0.25, -0.2) is 8.96 Å². The lowest BCUT2D eigenvalue weighted by atomic mass is 10.0. The Bertz CT molecular complexity index is 1290. The summed E-state index contributed by atoms with van der Waals surface area (Å²) in [4.78, 5) is 26.1. The number of aromatic nitrogens is 2. The molecule has 2 unspecified atom stereocenters.